The number of hydrogen-bond acceptors (Lipinski definition) is 6. The van der Waals surface area contributed by atoms with E-state index >= 15 is 0 Å². The minimum absolute atomic E-state index is 0.00499. The number of unbranched alkanes of at least 4 members (excludes halogenated alkanes) is 18. The lowest BCUT2D eigenvalue weighted by atomic mass is 10.1. The number of carbonyl (C=O) groups excluding carboxylic acids is 2. The molecule has 2 heterocycles. The molecule has 1 saturated carbocycles. The zero-order valence-corrected chi connectivity index (χ0v) is 32.4. The molecule has 0 bridgehead atoms. The molecule has 2 aliphatic heterocycles. The van der Waals surface area contributed by atoms with Gasteiger partial charge in [-0.05, 0) is 108 Å². The fourth-order valence-electron chi connectivity index (χ4n) is 7.44. The molecular formula is C43H76N2O6. The van der Waals surface area contributed by atoms with E-state index in [0.29, 0.717) is 0 Å². The second kappa shape index (κ2) is 30.7. The number of hydrogen-bond donors (Lipinski definition) is 2. The van der Waals surface area contributed by atoms with Gasteiger partial charge in [0.2, 0.25) is 11.8 Å². The molecule has 0 aromatic heterocycles. The standard InChI is InChI=1S/C43H76N2O6/c46-40(27-19-15-11-7-3-1-5-9-13-17-23-33-48-42-29-21-25-35-50-42)44-38-31-32-39(37-38)45-41(47)28-20-16-12-8-4-2-6-10-14-18-24-34-49-43-30-22-26-36-51-43/h19-20,27-28,38-39,42-43H,1-18,21-26,29-37H2,(H,44,46)(H,45,47)/t38-,39+,42?,43?. The first-order valence-electron chi connectivity index (χ1n) is 21.6. The number of nitrogens with one attached hydrogen (secondary N) is 2. The molecule has 0 spiro atoms. The van der Waals surface area contributed by atoms with Gasteiger partial charge in [-0.25, -0.2) is 0 Å². The molecule has 0 radical (unpaired) electrons. The predicted octanol–water partition coefficient (Wildman–Crippen LogP) is 10.1. The summed E-state index contributed by atoms with van der Waals surface area (Å²) in [4.78, 5) is 24.8. The third-order valence-electron chi connectivity index (χ3n) is 10.6. The summed E-state index contributed by atoms with van der Waals surface area (Å²) in [6, 6.07) is 0.287. The number of rotatable bonds is 30. The summed E-state index contributed by atoms with van der Waals surface area (Å²) in [6.07, 6.45) is 41.6. The van der Waals surface area contributed by atoms with Gasteiger partial charge < -0.3 is 29.6 Å². The molecular weight excluding hydrogens is 640 g/mol. The highest BCUT2D eigenvalue weighted by Gasteiger charge is 2.26. The van der Waals surface area contributed by atoms with Gasteiger partial charge in [0.1, 0.15) is 0 Å². The maximum Gasteiger partial charge on any atom is 0.243 e. The van der Waals surface area contributed by atoms with Crippen LogP contribution in [0.25, 0.3) is 0 Å². The van der Waals surface area contributed by atoms with E-state index in [4.69, 9.17) is 18.9 Å². The Kier molecular flexibility index (Phi) is 26.3. The molecule has 8 nitrogen and oxygen atoms in total. The lowest BCUT2D eigenvalue weighted by molar-refractivity contribution is -0.163. The number of allylic oxidation sites excluding steroid dienone is 2. The number of ether oxygens (including phenoxy) is 4. The summed E-state index contributed by atoms with van der Waals surface area (Å²) < 4.78 is 22.8. The van der Waals surface area contributed by atoms with Gasteiger partial charge in [0.05, 0.1) is 0 Å². The minimum Gasteiger partial charge on any atom is -0.353 e. The van der Waals surface area contributed by atoms with Crippen molar-refractivity contribution in [2.24, 2.45) is 0 Å². The van der Waals surface area contributed by atoms with Gasteiger partial charge in [0, 0.05) is 38.5 Å². The van der Waals surface area contributed by atoms with Gasteiger partial charge in [-0.3, -0.25) is 9.59 Å². The lowest BCUT2D eigenvalue weighted by Gasteiger charge is -2.22. The molecule has 2 N–H and O–H groups in total. The third kappa shape index (κ3) is 24.2. The van der Waals surface area contributed by atoms with Crippen LogP contribution in [0.5, 0.6) is 0 Å². The van der Waals surface area contributed by atoms with Gasteiger partial charge in [-0.15, -0.1) is 0 Å². The molecule has 2 amide bonds. The van der Waals surface area contributed by atoms with Crippen molar-refractivity contribution in [1.82, 2.24) is 10.6 Å². The highest BCUT2D eigenvalue weighted by molar-refractivity contribution is 5.88. The molecule has 3 rings (SSSR count). The topological polar surface area (TPSA) is 95.1 Å². The Balaban J connectivity index is 1.02. The van der Waals surface area contributed by atoms with E-state index in [-0.39, 0.29) is 36.5 Å². The summed E-state index contributed by atoms with van der Waals surface area (Å²) in [5.74, 6) is -0.00998. The Morgan fingerprint density at radius 2 is 0.863 bits per heavy atom. The van der Waals surface area contributed by atoms with Crippen molar-refractivity contribution >= 4 is 11.8 Å². The molecule has 51 heavy (non-hydrogen) atoms. The second-order valence-corrected chi connectivity index (χ2v) is 15.3. The first-order chi connectivity index (χ1) is 25.2. The molecule has 2 saturated heterocycles. The molecule has 3 aliphatic rings. The summed E-state index contributed by atoms with van der Waals surface area (Å²) in [6.45, 7) is 3.39. The zero-order valence-electron chi connectivity index (χ0n) is 32.4. The average molecular weight is 717 g/mol. The van der Waals surface area contributed by atoms with E-state index in [0.717, 1.165) is 97.1 Å². The summed E-state index contributed by atoms with van der Waals surface area (Å²) in [7, 11) is 0. The van der Waals surface area contributed by atoms with Crippen molar-refractivity contribution in [3.05, 3.63) is 24.3 Å². The molecule has 0 aromatic carbocycles. The fraction of sp³-hybridized carbons (Fsp3) is 0.860. The van der Waals surface area contributed by atoms with Crippen LogP contribution in [0.1, 0.15) is 186 Å². The van der Waals surface area contributed by atoms with Crippen LogP contribution in [-0.4, -0.2) is 62.9 Å². The highest BCUT2D eigenvalue weighted by atomic mass is 16.7. The van der Waals surface area contributed by atoms with E-state index in [9.17, 15) is 9.59 Å². The Morgan fingerprint density at radius 1 is 0.490 bits per heavy atom. The van der Waals surface area contributed by atoms with Crippen LogP contribution in [0.2, 0.25) is 0 Å². The Hall–Kier alpha value is -1.74. The molecule has 3 fully saturated rings. The van der Waals surface area contributed by atoms with Crippen molar-refractivity contribution in [2.75, 3.05) is 26.4 Å². The van der Waals surface area contributed by atoms with Crippen LogP contribution in [0, 0.1) is 0 Å². The first kappa shape index (κ1) is 43.7. The van der Waals surface area contributed by atoms with Crippen LogP contribution in [0.15, 0.2) is 24.3 Å². The monoisotopic (exact) mass is 717 g/mol. The molecule has 4 atom stereocenters. The van der Waals surface area contributed by atoms with Gasteiger partial charge in [-0.2, -0.15) is 0 Å². The number of amides is 2. The first-order valence-corrected chi connectivity index (χ1v) is 21.6. The maximum absolute atomic E-state index is 12.4. The molecule has 8 heteroatoms. The predicted molar refractivity (Wildman–Crippen MR) is 207 cm³/mol. The van der Waals surface area contributed by atoms with E-state index in [2.05, 4.69) is 10.6 Å². The number of carbonyl (C=O) groups is 2. The Labute approximate surface area is 312 Å². The van der Waals surface area contributed by atoms with Gasteiger partial charge in [0.15, 0.2) is 12.6 Å². The Morgan fingerprint density at radius 3 is 1.24 bits per heavy atom. The molecule has 1 aliphatic carbocycles. The van der Waals surface area contributed by atoms with Crippen molar-refractivity contribution in [3.63, 3.8) is 0 Å². The van der Waals surface area contributed by atoms with Crippen molar-refractivity contribution in [3.8, 4) is 0 Å². The van der Waals surface area contributed by atoms with Crippen molar-refractivity contribution in [1.29, 1.82) is 0 Å². The molecule has 294 valence electrons. The van der Waals surface area contributed by atoms with Crippen molar-refractivity contribution in [2.45, 2.75) is 211 Å². The van der Waals surface area contributed by atoms with E-state index in [1.54, 1.807) is 12.2 Å². The molecule has 0 aromatic rings. The van der Waals surface area contributed by atoms with E-state index in [1.807, 2.05) is 12.2 Å². The van der Waals surface area contributed by atoms with Gasteiger partial charge >= 0.3 is 0 Å². The Bertz CT molecular complexity index is 842. The maximum atomic E-state index is 12.4. The zero-order chi connectivity index (χ0) is 35.9. The summed E-state index contributed by atoms with van der Waals surface area (Å²) in [5.41, 5.74) is 0. The van der Waals surface area contributed by atoms with Crippen LogP contribution < -0.4 is 10.6 Å². The summed E-state index contributed by atoms with van der Waals surface area (Å²) in [5, 5.41) is 6.26. The SMILES string of the molecule is O=C(C=CCCCCCCCCCCCOC1CCCCO1)N[C@@H]1CC[C@H](NC(=O)C=CCCCCCCCCCCCOC2CCCCO2)C1. The van der Waals surface area contributed by atoms with E-state index < -0.39 is 0 Å². The average Bonchev–Trinajstić information content (AvgIpc) is 3.58. The third-order valence-corrected chi connectivity index (χ3v) is 10.6. The molecule has 2 unspecified atom stereocenters. The smallest absolute Gasteiger partial charge is 0.243 e. The van der Waals surface area contributed by atoms with Crippen LogP contribution in [0.3, 0.4) is 0 Å². The van der Waals surface area contributed by atoms with Gasteiger partial charge in [0.25, 0.3) is 0 Å². The lowest BCUT2D eigenvalue weighted by Crippen LogP contribution is -2.36. The van der Waals surface area contributed by atoms with Gasteiger partial charge in [-0.1, -0.05) is 102 Å². The van der Waals surface area contributed by atoms with Crippen molar-refractivity contribution < 1.29 is 28.5 Å². The summed E-state index contributed by atoms with van der Waals surface area (Å²) >= 11 is 0. The normalized spacial score (nSPS) is 22.6. The van der Waals surface area contributed by atoms with E-state index in [1.165, 1.54) is 116 Å². The second-order valence-electron chi connectivity index (χ2n) is 15.3. The fourth-order valence-corrected chi connectivity index (χ4v) is 7.44. The van der Waals surface area contributed by atoms with Crippen LogP contribution in [0.4, 0.5) is 0 Å². The van der Waals surface area contributed by atoms with Crippen LogP contribution in [-0.2, 0) is 28.5 Å². The minimum atomic E-state index is -0.00499. The quantitative estimate of drug-likeness (QED) is 0.0568. The largest absolute Gasteiger partial charge is 0.353 e. The van der Waals surface area contributed by atoms with Crippen LogP contribution >= 0.6 is 0 Å². The highest BCUT2D eigenvalue weighted by Crippen LogP contribution is 2.20.